The number of benzene rings is 2. The van der Waals surface area contributed by atoms with Crippen LogP contribution in [0.15, 0.2) is 36.4 Å². The fourth-order valence-corrected chi connectivity index (χ4v) is 2.05. The maximum atomic E-state index is 5.81. The van der Waals surface area contributed by atoms with Gasteiger partial charge in [-0.2, -0.15) is 0 Å². The quantitative estimate of drug-likeness (QED) is 0.811. The molecule has 0 amide bonds. The average Bonchev–Trinajstić information content (AvgIpc) is 2.43. The summed E-state index contributed by atoms with van der Waals surface area (Å²) < 4.78 is 11.1. The monoisotopic (exact) mass is 256 g/mol. The summed E-state index contributed by atoms with van der Waals surface area (Å²) in [5.41, 5.74) is 9.64. The summed E-state index contributed by atoms with van der Waals surface area (Å²) >= 11 is 0. The number of nitrogens with one attached hydrogen (secondary N) is 1. The van der Waals surface area contributed by atoms with Crippen LogP contribution in [0.3, 0.4) is 0 Å². The van der Waals surface area contributed by atoms with Gasteiger partial charge in [-0.25, -0.2) is 0 Å². The van der Waals surface area contributed by atoms with E-state index in [1.807, 2.05) is 43.3 Å². The second-order valence-corrected chi connectivity index (χ2v) is 4.56. The van der Waals surface area contributed by atoms with Crippen molar-refractivity contribution in [2.75, 3.05) is 24.3 Å². The third-order valence-corrected chi connectivity index (χ3v) is 3.08. The molecular weight excluding hydrogens is 240 g/mol. The molecule has 98 valence electrons. The predicted molar refractivity (Wildman–Crippen MR) is 76.3 cm³/mol. The number of anilines is 3. The van der Waals surface area contributed by atoms with Gasteiger partial charge < -0.3 is 20.5 Å². The van der Waals surface area contributed by atoms with E-state index in [1.165, 1.54) is 0 Å². The number of rotatable bonds is 2. The first-order valence-corrected chi connectivity index (χ1v) is 6.25. The van der Waals surface area contributed by atoms with Gasteiger partial charge in [0, 0.05) is 23.1 Å². The molecule has 4 heteroatoms. The van der Waals surface area contributed by atoms with E-state index >= 15 is 0 Å². The van der Waals surface area contributed by atoms with Crippen molar-refractivity contribution in [3.63, 3.8) is 0 Å². The van der Waals surface area contributed by atoms with E-state index in [0.717, 1.165) is 34.1 Å². The SMILES string of the molecule is Cc1ccc(N)cc1Nc1ccc2c(c1)OCCO2. The molecule has 19 heavy (non-hydrogen) atoms. The zero-order valence-corrected chi connectivity index (χ0v) is 10.8. The van der Waals surface area contributed by atoms with E-state index in [9.17, 15) is 0 Å². The molecule has 3 rings (SSSR count). The maximum absolute atomic E-state index is 5.81. The van der Waals surface area contributed by atoms with Crippen LogP contribution in [0.25, 0.3) is 0 Å². The highest BCUT2D eigenvalue weighted by atomic mass is 16.6. The fourth-order valence-electron chi connectivity index (χ4n) is 2.05. The van der Waals surface area contributed by atoms with Gasteiger partial charge in [0.25, 0.3) is 0 Å². The summed E-state index contributed by atoms with van der Waals surface area (Å²) in [7, 11) is 0. The van der Waals surface area contributed by atoms with Crippen LogP contribution in [-0.4, -0.2) is 13.2 Å². The first kappa shape index (κ1) is 11.7. The van der Waals surface area contributed by atoms with E-state index in [4.69, 9.17) is 15.2 Å². The van der Waals surface area contributed by atoms with Gasteiger partial charge in [-0.1, -0.05) is 6.07 Å². The van der Waals surface area contributed by atoms with Crippen molar-refractivity contribution in [3.05, 3.63) is 42.0 Å². The number of aryl methyl sites for hydroxylation is 1. The Morgan fingerprint density at radius 1 is 1.00 bits per heavy atom. The molecule has 3 N–H and O–H groups in total. The normalized spacial score (nSPS) is 13.1. The molecule has 0 atom stereocenters. The summed E-state index contributed by atoms with van der Waals surface area (Å²) in [6.07, 6.45) is 0. The summed E-state index contributed by atoms with van der Waals surface area (Å²) in [6, 6.07) is 11.6. The lowest BCUT2D eigenvalue weighted by Crippen LogP contribution is -2.15. The minimum Gasteiger partial charge on any atom is -0.486 e. The summed E-state index contributed by atoms with van der Waals surface area (Å²) in [6.45, 7) is 3.24. The summed E-state index contributed by atoms with van der Waals surface area (Å²) in [5, 5.41) is 3.35. The van der Waals surface area contributed by atoms with Crippen molar-refractivity contribution in [1.29, 1.82) is 0 Å². The molecule has 0 unspecified atom stereocenters. The van der Waals surface area contributed by atoms with E-state index in [2.05, 4.69) is 5.32 Å². The van der Waals surface area contributed by atoms with Gasteiger partial charge in [-0.05, 0) is 36.8 Å². The molecule has 0 saturated heterocycles. The zero-order chi connectivity index (χ0) is 13.2. The molecular formula is C15H16N2O2. The summed E-state index contributed by atoms with van der Waals surface area (Å²) in [4.78, 5) is 0. The van der Waals surface area contributed by atoms with E-state index in [-0.39, 0.29) is 0 Å². The van der Waals surface area contributed by atoms with E-state index in [1.54, 1.807) is 0 Å². The molecule has 1 aliphatic heterocycles. The van der Waals surface area contributed by atoms with Crippen LogP contribution in [-0.2, 0) is 0 Å². The maximum Gasteiger partial charge on any atom is 0.163 e. The molecule has 2 aromatic rings. The number of hydrogen-bond acceptors (Lipinski definition) is 4. The molecule has 0 fully saturated rings. The Balaban J connectivity index is 1.89. The van der Waals surface area contributed by atoms with Crippen molar-refractivity contribution >= 4 is 17.1 Å². The lowest BCUT2D eigenvalue weighted by atomic mass is 10.1. The third kappa shape index (κ3) is 2.42. The third-order valence-electron chi connectivity index (χ3n) is 3.08. The molecule has 1 aliphatic rings. The van der Waals surface area contributed by atoms with Gasteiger partial charge in [0.15, 0.2) is 11.5 Å². The first-order valence-electron chi connectivity index (χ1n) is 6.25. The number of hydrogen-bond donors (Lipinski definition) is 2. The number of nitrogen functional groups attached to an aromatic ring is 1. The van der Waals surface area contributed by atoms with Gasteiger partial charge in [-0.3, -0.25) is 0 Å². The molecule has 4 nitrogen and oxygen atoms in total. The highest BCUT2D eigenvalue weighted by Crippen LogP contribution is 2.34. The van der Waals surface area contributed by atoms with E-state index < -0.39 is 0 Å². The Hall–Kier alpha value is -2.36. The van der Waals surface area contributed by atoms with Crippen LogP contribution < -0.4 is 20.5 Å². The van der Waals surface area contributed by atoms with Crippen LogP contribution in [0, 0.1) is 6.92 Å². The largest absolute Gasteiger partial charge is 0.486 e. The van der Waals surface area contributed by atoms with Crippen molar-refractivity contribution in [3.8, 4) is 11.5 Å². The fraction of sp³-hybridized carbons (Fsp3) is 0.200. The second-order valence-electron chi connectivity index (χ2n) is 4.56. The van der Waals surface area contributed by atoms with E-state index in [0.29, 0.717) is 13.2 Å². The van der Waals surface area contributed by atoms with Gasteiger partial charge in [-0.15, -0.1) is 0 Å². The molecule has 0 aliphatic carbocycles. The molecule has 0 saturated carbocycles. The predicted octanol–water partition coefficient (Wildman–Crippen LogP) is 3.09. The molecule has 1 heterocycles. The minimum atomic E-state index is 0.591. The Bertz CT molecular complexity index is 611. The number of fused-ring (bicyclic) bond motifs is 1. The van der Waals surface area contributed by atoms with Gasteiger partial charge in [0.1, 0.15) is 13.2 Å². The Morgan fingerprint density at radius 2 is 1.79 bits per heavy atom. The van der Waals surface area contributed by atoms with Crippen LogP contribution >= 0.6 is 0 Å². The van der Waals surface area contributed by atoms with Gasteiger partial charge in [0.2, 0.25) is 0 Å². The van der Waals surface area contributed by atoms with Crippen LogP contribution in [0.5, 0.6) is 11.5 Å². The van der Waals surface area contributed by atoms with Crippen molar-refractivity contribution < 1.29 is 9.47 Å². The molecule has 0 spiro atoms. The standard InChI is InChI=1S/C15H16N2O2/c1-10-2-3-11(16)8-13(10)17-12-4-5-14-15(9-12)19-7-6-18-14/h2-5,8-9,17H,6-7,16H2,1H3. The Kier molecular flexibility index (Phi) is 2.91. The van der Waals surface area contributed by atoms with Crippen molar-refractivity contribution in [2.24, 2.45) is 0 Å². The number of ether oxygens (including phenoxy) is 2. The summed E-state index contributed by atoms with van der Waals surface area (Å²) in [5.74, 6) is 1.57. The van der Waals surface area contributed by atoms with Crippen molar-refractivity contribution in [2.45, 2.75) is 6.92 Å². The number of nitrogens with two attached hydrogens (primary N) is 1. The smallest absolute Gasteiger partial charge is 0.163 e. The molecule has 0 bridgehead atoms. The molecule has 2 aromatic carbocycles. The first-order chi connectivity index (χ1) is 9.22. The van der Waals surface area contributed by atoms with Gasteiger partial charge >= 0.3 is 0 Å². The highest BCUT2D eigenvalue weighted by molar-refractivity contribution is 5.69. The Morgan fingerprint density at radius 3 is 2.63 bits per heavy atom. The Labute approximate surface area is 112 Å². The lowest BCUT2D eigenvalue weighted by Gasteiger charge is -2.19. The lowest BCUT2D eigenvalue weighted by molar-refractivity contribution is 0.171. The minimum absolute atomic E-state index is 0.591. The second kappa shape index (κ2) is 4.72. The van der Waals surface area contributed by atoms with Crippen molar-refractivity contribution in [1.82, 2.24) is 0 Å². The van der Waals surface area contributed by atoms with Crippen LogP contribution in [0.4, 0.5) is 17.1 Å². The van der Waals surface area contributed by atoms with Crippen LogP contribution in [0.2, 0.25) is 0 Å². The molecule has 0 aromatic heterocycles. The zero-order valence-electron chi connectivity index (χ0n) is 10.8. The van der Waals surface area contributed by atoms with Crippen LogP contribution in [0.1, 0.15) is 5.56 Å². The van der Waals surface area contributed by atoms with Gasteiger partial charge in [0.05, 0.1) is 0 Å². The molecule has 0 radical (unpaired) electrons. The average molecular weight is 256 g/mol. The topological polar surface area (TPSA) is 56.5 Å². The highest BCUT2D eigenvalue weighted by Gasteiger charge is 2.12.